The van der Waals surface area contributed by atoms with Gasteiger partial charge in [-0.15, -0.1) is 0 Å². The molecule has 0 bridgehead atoms. The summed E-state index contributed by atoms with van der Waals surface area (Å²) in [6, 6.07) is 14.8. The summed E-state index contributed by atoms with van der Waals surface area (Å²) in [5.41, 5.74) is 6.31. The first-order chi connectivity index (χ1) is 13.4. The van der Waals surface area contributed by atoms with Crippen LogP contribution in [-0.2, 0) is 13.0 Å². The van der Waals surface area contributed by atoms with Crippen molar-refractivity contribution >= 4 is 11.0 Å². The summed E-state index contributed by atoms with van der Waals surface area (Å²) in [4.78, 5) is 14.2. The van der Waals surface area contributed by atoms with Crippen LogP contribution in [0.25, 0.3) is 11.0 Å². The molecule has 1 atom stereocenters. The van der Waals surface area contributed by atoms with Gasteiger partial charge in [0.2, 0.25) is 0 Å². The number of nitrogens with zero attached hydrogens (tertiary/aromatic N) is 1. The SMILES string of the molecule is CCc1ccc([C@@H](CNCc2cc(=O)oc3cc(C)c(C)cc23)N(C)C)cc1. The Balaban J connectivity index is 1.78. The van der Waals surface area contributed by atoms with Crippen molar-refractivity contribution in [2.24, 2.45) is 0 Å². The molecular weight excluding hydrogens is 348 g/mol. The van der Waals surface area contributed by atoms with Crippen molar-refractivity contribution < 1.29 is 4.42 Å². The monoisotopic (exact) mass is 378 g/mol. The van der Waals surface area contributed by atoms with E-state index in [1.54, 1.807) is 6.07 Å². The van der Waals surface area contributed by atoms with Gasteiger partial charge in [-0.2, -0.15) is 0 Å². The smallest absolute Gasteiger partial charge is 0.336 e. The van der Waals surface area contributed by atoms with E-state index in [9.17, 15) is 4.79 Å². The highest BCUT2D eigenvalue weighted by molar-refractivity contribution is 5.81. The van der Waals surface area contributed by atoms with Gasteiger partial charge in [0.05, 0.1) is 0 Å². The van der Waals surface area contributed by atoms with E-state index in [-0.39, 0.29) is 11.7 Å². The predicted octanol–water partition coefficient (Wildman–Crippen LogP) is 4.36. The number of hydrogen-bond donors (Lipinski definition) is 1. The van der Waals surface area contributed by atoms with E-state index in [0.717, 1.165) is 29.5 Å². The van der Waals surface area contributed by atoms with E-state index in [2.05, 4.69) is 68.5 Å². The lowest BCUT2D eigenvalue weighted by atomic mass is 10.0. The largest absolute Gasteiger partial charge is 0.423 e. The number of fused-ring (bicyclic) bond motifs is 1. The number of aryl methyl sites for hydroxylation is 3. The topological polar surface area (TPSA) is 45.5 Å². The van der Waals surface area contributed by atoms with Crippen LogP contribution in [0.1, 0.15) is 40.8 Å². The minimum atomic E-state index is -0.299. The van der Waals surface area contributed by atoms with Crippen molar-refractivity contribution in [3.05, 3.63) is 80.7 Å². The van der Waals surface area contributed by atoms with Gasteiger partial charge in [-0.1, -0.05) is 31.2 Å². The summed E-state index contributed by atoms with van der Waals surface area (Å²) < 4.78 is 5.40. The lowest BCUT2D eigenvalue weighted by Gasteiger charge is -2.25. The van der Waals surface area contributed by atoms with Crippen LogP contribution in [0.5, 0.6) is 0 Å². The minimum absolute atomic E-state index is 0.265. The Hall–Kier alpha value is -2.43. The standard InChI is InChI=1S/C24H30N2O2/c1-6-18-7-9-19(10-8-18)22(26(4)5)15-25-14-20-13-24(27)28-23-12-17(3)16(2)11-21(20)23/h7-13,22,25H,6,14-15H2,1-5H3/t22-/m1/s1. The second kappa shape index (κ2) is 8.72. The molecule has 0 amide bonds. The van der Waals surface area contributed by atoms with Crippen molar-refractivity contribution in [2.45, 2.75) is 39.8 Å². The zero-order chi connectivity index (χ0) is 20.3. The van der Waals surface area contributed by atoms with Crippen LogP contribution in [0.3, 0.4) is 0 Å². The molecule has 3 aromatic rings. The number of benzene rings is 2. The molecule has 0 fully saturated rings. The maximum atomic E-state index is 12.0. The number of likely N-dealkylation sites (N-methyl/N-ethyl adjacent to an activating group) is 1. The number of hydrogen-bond acceptors (Lipinski definition) is 4. The zero-order valence-corrected chi connectivity index (χ0v) is 17.5. The average Bonchev–Trinajstić information content (AvgIpc) is 2.66. The Labute approximate surface area is 167 Å². The molecule has 1 heterocycles. The molecule has 28 heavy (non-hydrogen) atoms. The second-order valence-electron chi connectivity index (χ2n) is 7.73. The lowest BCUT2D eigenvalue weighted by molar-refractivity contribution is 0.288. The summed E-state index contributed by atoms with van der Waals surface area (Å²) in [6.07, 6.45) is 1.05. The van der Waals surface area contributed by atoms with Crippen LogP contribution in [0.4, 0.5) is 0 Å². The van der Waals surface area contributed by atoms with Crippen molar-refractivity contribution in [3.8, 4) is 0 Å². The number of nitrogens with one attached hydrogen (secondary N) is 1. The molecule has 3 rings (SSSR count). The molecular formula is C24H30N2O2. The minimum Gasteiger partial charge on any atom is -0.423 e. The van der Waals surface area contributed by atoms with E-state index < -0.39 is 0 Å². The summed E-state index contributed by atoms with van der Waals surface area (Å²) in [5, 5.41) is 4.55. The van der Waals surface area contributed by atoms with E-state index in [0.29, 0.717) is 12.1 Å². The van der Waals surface area contributed by atoms with Crippen LogP contribution < -0.4 is 10.9 Å². The van der Waals surface area contributed by atoms with Gasteiger partial charge in [0.15, 0.2) is 0 Å². The van der Waals surface area contributed by atoms with E-state index in [1.165, 1.54) is 16.7 Å². The third-order valence-corrected chi connectivity index (χ3v) is 5.49. The van der Waals surface area contributed by atoms with Gasteiger partial charge in [0, 0.05) is 30.6 Å². The Bertz CT molecular complexity index is 1000. The van der Waals surface area contributed by atoms with Gasteiger partial charge in [0.1, 0.15) is 5.58 Å². The molecule has 1 aromatic heterocycles. The number of rotatable bonds is 7. The molecule has 4 nitrogen and oxygen atoms in total. The fourth-order valence-electron chi connectivity index (χ4n) is 3.55. The molecule has 4 heteroatoms. The van der Waals surface area contributed by atoms with Gasteiger partial charge in [0.25, 0.3) is 0 Å². The summed E-state index contributed by atoms with van der Waals surface area (Å²) in [6.45, 7) is 7.71. The summed E-state index contributed by atoms with van der Waals surface area (Å²) in [5.74, 6) is 0. The third kappa shape index (κ3) is 4.51. The molecule has 0 aliphatic rings. The van der Waals surface area contributed by atoms with Gasteiger partial charge < -0.3 is 14.6 Å². The normalized spacial score (nSPS) is 12.6. The van der Waals surface area contributed by atoms with Gasteiger partial charge >= 0.3 is 5.63 Å². The van der Waals surface area contributed by atoms with Crippen LogP contribution >= 0.6 is 0 Å². The summed E-state index contributed by atoms with van der Waals surface area (Å²) in [7, 11) is 4.19. The molecule has 0 unspecified atom stereocenters. The van der Waals surface area contributed by atoms with E-state index in [4.69, 9.17) is 4.42 Å². The fraction of sp³-hybridized carbons (Fsp3) is 0.375. The molecule has 0 aliphatic carbocycles. The molecule has 0 radical (unpaired) electrons. The Morgan fingerprint density at radius 3 is 2.36 bits per heavy atom. The van der Waals surface area contributed by atoms with Crippen molar-refractivity contribution in [1.82, 2.24) is 10.2 Å². The third-order valence-electron chi connectivity index (χ3n) is 5.49. The first kappa shape index (κ1) is 20.3. The molecule has 0 aliphatic heterocycles. The van der Waals surface area contributed by atoms with Crippen LogP contribution in [-0.4, -0.2) is 25.5 Å². The molecule has 1 N–H and O–H groups in total. The highest BCUT2D eigenvalue weighted by Crippen LogP contribution is 2.22. The van der Waals surface area contributed by atoms with Crippen LogP contribution in [0.15, 0.2) is 51.7 Å². The molecule has 0 spiro atoms. The van der Waals surface area contributed by atoms with E-state index >= 15 is 0 Å². The maximum Gasteiger partial charge on any atom is 0.336 e. The van der Waals surface area contributed by atoms with Crippen molar-refractivity contribution in [2.75, 3.05) is 20.6 Å². The van der Waals surface area contributed by atoms with Gasteiger partial charge in [-0.3, -0.25) is 0 Å². The average molecular weight is 379 g/mol. The lowest BCUT2D eigenvalue weighted by Crippen LogP contribution is -2.31. The van der Waals surface area contributed by atoms with Crippen LogP contribution in [0, 0.1) is 13.8 Å². The predicted molar refractivity (Wildman–Crippen MR) is 116 cm³/mol. The maximum absolute atomic E-state index is 12.0. The Kier molecular flexibility index (Phi) is 6.32. The first-order valence-corrected chi connectivity index (χ1v) is 9.89. The zero-order valence-electron chi connectivity index (χ0n) is 17.5. The van der Waals surface area contributed by atoms with Crippen molar-refractivity contribution in [3.63, 3.8) is 0 Å². The van der Waals surface area contributed by atoms with Crippen molar-refractivity contribution in [1.29, 1.82) is 0 Å². The Morgan fingerprint density at radius 2 is 1.71 bits per heavy atom. The Morgan fingerprint density at radius 1 is 1.04 bits per heavy atom. The molecule has 2 aromatic carbocycles. The fourth-order valence-corrected chi connectivity index (χ4v) is 3.55. The van der Waals surface area contributed by atoms with E-state index in [1.807, 2.05) is 13.0 Å². The highest BCUT2D eigenvalue weighted by atomic mass is 16.4. The van der Waals surface area contributed by atoms with Gasteiger partial charge in [-0.25, -0.2) is 4.79 Å². The van der Waals surface area contributed by atoms with Crippen LogP contribution in [0.2, 0.25) is 0 Å². The molecule has 0 saturated carbocycles. The highest BCUT2D eigenvalue weighted by Gasteiger charge is 2.14. The first-order valence-electron chi connectivity index (χ1n) is 9.89. The summed E-state index contributed by atoms with van der Waals surface area (Å²) >= 11 is 0. The molecule has 148 valence electrons. The molecule has 0 saturated heterocycles. The van der Waals surface area contributed by atoms with Gasteiger partial charge in [-0.05, 0) is 74.3 Å². The second-order valence-corrected chi connectivity index (χ2v) is 7.73. The quantitative estimate of drug-likeness (QED) is 0.620.